The lowest BCUT2D eigenvalue weighted by atomic mass is 10.1. The van der Waals surface area contributed by atoms with Gasteiger partial charge in [0.2, 0.25) is 5.91 Å². The lowest BCUT2D eigenvalue weighted by Gasteiger charge is -2.29. The Morgan fingerprint density at radius 3 is 1.41 bits per heavy atom. The van der Waals surface area contributed by atoms with E-state index in [0.29, 0.717) is 27.7 Å². The minimum atomic E-state index is -3.31. The molecule has 0 aliphatic carbocycles. The molecule has 11 N–H and O–H groups in total. The van der Waals surface area contributed by atoms with Gasteiger partial charge < -0.3 is 46.3 Å². The Hall–Kier alpha value is -6.74. The van der Waals surface area contributed by atoms with Crippen LogP contribution in [0.1, 0.15) is 58.1 Å². The van der Waals surface area contributed by atoms with E-state index in [1.807, 2.05) is 12.1 Å². The SMILES string of the molecule is CS(=O)(=O)c1cccc(Cn2cc(Cl)cc(C(N)=O)c2=N)c1.N=c1c(C(N)=O)cc(Cl)cn1Cc1cc(Cl)cc(C(N)=O)c1.N=c1c(C(N)=O)cc(Cl)cn1Cc1cccc(N2CCOCC2)c1. The van der Waals surface area contributed by atoms with Crippen molar-refractivity contribution in [1.29, 1.82) is 16.2 Å². The maximum atomic E-state index is 11.6. The standard InChI is InChI=1S/C17H19ClN4O2.C14H12Cl2N4O2.C14H14ClN3O3S/c18-13-9-15(17(20)23)16(19)22(11-13)10-12-2-1-3-14(8-12)21-4-6-24-7-5-21;15-9-2-7(1-8(3-9)13(18)21)5-20-6-10(16)4-11(12(20)17)14(19)22;1-22(20,21)11-4-2-3-9(5-11)7-18-8-10(15)6-12(13(18)16)14(17)19/h1-3,8-9,11,19H,4-7,10H2,(H2,20,23);1-4,6,17H,5H2,(H2,18,21)(H2,19,22);2-6,8,16H,7H2,1H3,(H2,17,19). The van der Waals surface area contributed by atoms with E-state index in [2.05, 4.69) is 17.0 Å². The molecule has 4 heterocycles. The van der Waals surface area contributed by atoms with Crippen molar-refractivity contribution < 1.29 is 32.3 Å². The van der Waals surface area contributed by atoms with Gasteiger partial charge >= 0.3 is 0 Å². The molecular formula is C45H45Cl4N11O7S. The van der Waals surface area contributed by atoms with Crippen molar-refractivity contribution in [3.05, 3.63) is 179 Å². The summed E-state index contributed by atoms with van der Waals surface area (Å²) in [5.41, 5.74) is 24.7. The number of nitrogens with two attached hydrogens (primary N) is 4. The molecule has 356 valence electrons. The van der Waals surface area contributed by atoms with Crippen molar-refractivity contribution >= 4 is 85.6 Å². The van der Waals surface area contributed by atoms with Crippen LogP contribution in [0.25, 0.3) is 0 Å². The quantitative estimate of drug-likeness (QED) is 0.0925. The Bertz CT molecular complexity index is 3230. The lowest BCUT2D eigenvalue weighted by molar-refractivity contribution is 0.0989. The van der Waals surface area contributed by atoms with Crippen LogP contribution in [-0.2, 0) is 34.2 Å². The summed E-state index contributed by atoms with van der Waals surface area (Å²) in [4.78, 5) is 47.8. The minimum Gasteiger partial charge on any atom is -0.378 e. The van der Waals surface area contributed by atoms with Crippen LogP contribution in [0.5, 0.6) is 0 Å². The fourth-order valence-electron chi connectivity index (χ4n) is 6.79. The predicted molar refractivity (Wildman–Crippen MR) is 258 cm³/mol. The summed E-state index contributed by atoms with van der Waals surface area (Å²) in [6.45, 7) is 4.01. The number of morpholine rings is 1. The minimum absolute atomic E-state index is 0.00431. The second kappa shape index (κ2) is 22.8. The monoisotopic (exact) mass is 1020 g/mol. The molecule has 7 rings (SSSR count). The van der Waals surface area contributed by atoms with Crippen molar-refractivity contribution in [1.82, 2.24) is 13.7 Å². The van der Waals surface area contributed by atoms with Crippen LogP contribution in [0.2, 0.25) is 20.1 Å². The third-order valence-electron chi connectivity index (χ3n) is 10.0. The molecule has 3 aromatic heterocycles. The zero-order chi connectivity index (χ0) is 50.0. The summed E-state index contributed by atoms with van der Waals surface area (Å²) in [7, 11) is -3.31. The highest BCUT2D eigenvalue weighted by Crippen LogP contribution is 2.20. The molecule has 1 aliphatic rings. The normalized spacial score (nSPS) is 12.2. The number of primary amides is 4. The largest absolute Gasteiger partial charge is 0.378 e. The van der Waals surface area contributed by atoms with E-state index in [0.717, 1.165) is 43.8 Å². The lowest BCUT2D eigenvalue weighted by Crippen LogP contribution is -2.36. The van der Waals surface area contributed by atoms with E-state index in [-0.39, 0.29) is 66.7 Å². The summed E-state index contributed by atoms with van der Waals surface area (Å²) in [6, 6.07) is 23.2. The van der Waals surface area contributed by atoms with Crippen LogP contribution < -0.4 is 44.3 Å². The Morgan fingerprint density at radius 2 is 0.985 bits per heavy atom. The highest BCUT2D eigenvalue weighted by molar-refractivity contribution is 7.90. The molecule has 0 saturated carbocycles. The number of amides is 4. The first-order chi connectivity index (χ1) is 32.0. The molecule has 6 aromatic rings. The molecule has 68 heavy (non-hydrogen) atoms. The first kappa shape index (κ1) is 52.2. The number of nitrogens with zero attached hydrogens (tertiary/aromatic N) is 4. The third-order valence-corrected chi connectivity index (χ3v) is 12.0. The van der Waals surface area contributed by atoms with Crippen molar-refractivity contribution in [2.75, 3.05) is 37.5 Å². The zero-order valence-electron chi connectivity index (χ0n) is 36.1. The van der Waals surface area contributed by atoms with Crippen molar-refractivity contribution in [2.24, 2.45) is 22.9 Å². The number of hydrogen-bond donors (Lipinski definition) is 7. The van der Waals surface area contributed by atoms with Crippen LogP contribution in [0, 0.1) is 16.2 Å². The number of sulfone groups is 1. The Labute approximate surface area is 409 Å². The second-order valence-corrected chi connectivity index (χ2v) is 18.9. The number of ether oxygens (including phenoxy) is 1. The molecule has 0 unspecified atom stereocenters. The number of rotatable bonds is 12. The van der Waals surface area contributed by atoms with Gasteiger partial charge in [0.05, 0.1) is 49.9 Å². The van der Waals surface area contributed by atoms with Crippen molar-refractivity contribution in [3.63, 3.8) is 0 Å². The topological polar surface area (TPSA) is 305 Å². The molecule has 0 atom stereocenters. The summed E-state index contributed by atoms with van der Waals surface area (Å²) < 4.78 is 33.0. The van der Waals surface area contributed by atoms with Gasteiger partial charge in [-0.3, -0.25) is 35.4 Å². The maximum Gasteiger partial charge on any atom is 0.252 e. The summed E-state index contributed by atoms with van der Waals surface area (Å²) in [5.74, 6) is -2.75. The van der Waals surface area contributed by atoms with Crippen molar-refractivity contribution in [2.45, 2.75) is 24.5 Å². The molecular weight excluding hydrogens is 980 g/mol. The average Bonchev–Trinajstić information content (AvgIpc) is 3.27. The number of carbonyl (C=O) groups excluding carboxylic acids is 4. The molecule has 1 aliphatic heterocycles. The Morgan fingerprint density at radius 1 is 0.559 bits per heavy atom. The first-order valence-corrected chi connectivity index (χ1v) is 23.4. The fraction of sp³-hybridized carbons (Fsp3) is 0.178. The molecule has 1 saturated heterocycles. The highest BCUT2D eigenvalue weighted by atomic mass is 35.5. The number of aromatic nitrogens is 3. The number of benzene rings is 3. The zero-order valence-corrected chi connectivity index (χ0v) is 40.0. The number of halogens is 4. The molecule has 0 spiro atoms. The van der Waals surface area contributed by atoms with Gasteiger partial charge in [-0.25, -0.2) is 8.42 Å². The Kier molecular flexibility index (Phi) is 17.5. The van der Waals surface area contributed by atoms with Gasteiger partial charge in [-0.05, 0) is 77.4 Å². The van der Waals surface area contributed by atoms with Gasteiger partial charge in [-0.15, -0.1) is 0 Å². The highest BCUT2D eigenvalue weighted by Gasteiger charge is 2.15. The average molecular weight is 1030 g/mol. The summed E-state index contributed by atoms with van der Waals surface area (Å²) in [6.07, 6.45) is 5.74. The molecule has 0 bridgehead atoms. The van der Waals surface area contributed by atoms with E-state index in [1.165, 1.54) is 57.9 Å². The number of anilines is 1. The van der Waals surface area contributed by atoms with Gasteiger partial charge in [0, 0.05) is 73.8 Å². The van der Waals surface area contributed by atoms with Gasteiger partial charge in [-0.2, -0.15) is 0 Å². The van der Waals surface area contributed by atoms with Gasteiger partial charge in [0.1, 0.15) is 16.5 Å². The maximum absolute atomic E-state index is 11.6. The van der Waals surface area contributed by atoms with Gasteiger partial charge in [-0.1, -0.05) is 70.7 Å². The van der Waals surface area contributed by atoms with Crippen LogP contribution in [0.3, 0.4) is 0 Å². The molecule has 4 amide bonds. The molecule has 3 aromatic carbocycles. The van der Waals surface area contributed by atoms with Gasteiger partial charge in [0.25, 0.3) is 17.7 Å². The number of nitrogens with one attached hydrogen (secondary N) is 3. The Balaban J connectivity index is 0.000000191. The third kappa shape index (κ3) is 14.1. The van der Waals surface area contributed by atoms with Gasteiger partial charge in [0.15, 0.2) is 9.84 Å². The first-order valence-electron chi connectivity index (χ1n) is 20.0. The molecule has 0 radical (unpaired) electrons. The van der Waals surface area contributed by atoms with Crippen LogP contribution >= 0.6 is 46.4 Å². The van der Waals surface area contributed by atoms with Crippen LogP contribution in [0.15, 0.2) is 108 Å². The number of hydrogen-bond acceptors (Lipinski definition) is 11. The number of carbonyl (C=O) groups is 4. The van der Waals surface area contributed by atoms with Crippen LogP contribution in [-0.4, -0.2) is 78.3 Å². The van der Waals surface area contributed by atoms with E-state index < -0.39 is 33.5 Å². The van der Waals surface area contributed by atoms with Crippen LogP contribution in [0.4, 0.5) is 5.69 Å². The van der Waals surface area contributed by atoms with Crippen molar-refractivity contribution in [3.8, 4) is 0 Å². The summed E-state index contributed by atoms with van der Waals surface area (Å²) in [5, 5.41) is 25.4. The second-order valence-electron chi connectivity index (χ2n) is 15.1. The molecule has 18 nitrogen and oxygen atoms in total. The molecule has 1 fully saturated rings. The summed E-state index contributed by atoms with van der Waals surface area (Å²) >= 11 is 23.9. The van der Waals surface area contributed by atoms with E-state index in [9.17, 15) is 27.6 Å². The fourth-order valence-corrected chi connectivity index (χ4v) is 8.42. The predicted octanol–water partition coefficient (Wildman–Crippen LogP) is 4.30. The number of pyridine rings is 3. The van der Waals surface area contributed by atoms with E-state index >= 15 is 0 Å². The smallest absolute Gasteiger partial charge is 0.252 e. The van der Waals surface area contributed by atoms with E-state index in [1.54, 1.807) is 35.0 Å². The van der Waals surface area contributed by atoms with E-state index in [4.69, 9.17) is 90.3 Å². The molecule has 23 heteroatoms.